The fourth-order valence-corrected chi connectivity index (χ4v) is 2.50. The Bertz CT molecular complexity index is 639. The maximum Gasteiger partial charge on any atom is 0.248 e. The van der Waals surface area contributed by atoms with Crippen molar-refractivity contribution >= 4 is 27.3 Å². The predicted octanol–water partition coefficient (Wildman–Crippen LogP) is 3.11. The fourth-order valence-electron chi connectivity index (χ4n) is 1.54. The van der Waals surface area contributed by atoms with Crippen molar-refractivity contribution < 1.29 is 4.52 Å². The molecule has 0 bridgehead atoms. The van der Waals surface area contributed by atoms with Gasteiger partial charge in [0.1, 0.15) is 6.54 Å². The molecule has 0 aliphatic heterocycles. The lowest BCUT2D eigenvalue weighted by atomic mass is 10.4. The van der Waals surface area contributed by atoms with Gasteiger partial charge in [0, 0.05) is 6.20 Å². The van der Waals surface area contributed by atoms with Crippen LogP contribution in [0.4, 0.5) is 0 Å². The van der Waals surface area contributed by atoms with Crippen molar-refractivity contribution in [2.24, 2.45) is 0 Å². The normalized spacial score (nSPS) is 11.0. The molecule has 0 aliphatic carbocycles. The zero-order valence-electron chi connectivity index (χ0n) is 9.50. The van der Waals surface area contributed by atoms with Crippen molar-refractivity contribution in [3.05, 3.63) is 39.8 Å². The summed E-state index contributed by atoms with van der Waals surface area (Å²) in [4.78, 5) is 5.35. The number of rotatable bonds is 3. The first-order valence-electron chi connectivity index (χ1n) is 5.28. The second kappa shape index (κ2) is 4.66. The molecule has 0 saturated carbocycles. The molecule has 0 aliphatic rings. The Morgan fingerprint density at radius 3 is 3.06 bits per heavy atom. The van der Waals surface area contributed by atoms with Crippen LogP contribution in [-0.2, 0) is 6.54 Å². The summed E-state index contributed by atoms with van der Waals surface area (Å²) in [6.45, 7) is 2.41. The standard InChI is InChI=1S/C11H9BrN4OS/c1-7-8(12)5-16(14-7)6-10-13-11(15-17-10)9-3-2-4-18-9/h2-5H,6H2,1H3. The van der Waals surface area contributed by atoms with Gasteiger partial charge in [0.05, 0.1) is 15.0 Å². The molecule has 3 rings (SSSR count). The Hall–Kier alpha value is -1.47. The van der Waals surface area contributed by atoms with Crippen LogP contribution in [-0.4, -0.2) is 19.9 Å². The van der Waals surface area contributed by atoms with Crippen LogP contribution >= 0.6 is 27.3 Å². The third-order valence-electron chi connectivity index (χ3n) is 2.39. The van der Waals surface area contributed by atoms with Crippen LogP contribution in [0.1, 0.15) is 11.6 Å². The van der Waals surface area contributed by atoms with Crippen LogP contribution in [0.5, 0.6) is 0 Å². The van der Waals surface area contributed by atoms with Crippen molar-refractivity contribution in [1.29, 1.82) is 0 Å². The third kappa shape index (κ3) is 2.23. The van der Waals surface area contributed by atoms with E-state index in [9.17, 15) is 0 Å². The summed E-state index contributed by atoms with van der Waals surface area (Å²) in [5.74, 6) is 1.18. The highest BCUT2D eigenvalue weighted by atomic mass is 79.9. The smallest absolute Gasteiger partial charge is 0.248 e. The molecule has 0 N–H and O–H groups in total. The highest BCUT2D eigenvalue weighted by molar-refractivity contribution is 9.10. The quantitative estimate of drug-likeness (QED) is 0.742. The zero-order valence-corrected chi connectivity index (χ0v) is 11.9. The van der Waals surface area contributed by atoms with E-state index in [4.69, 9.17) is 4.52 Å². The van der Waals surface area contributed by atoms with Gasteiger partial charge in [0.15, 0.2) is 0 Å². The molecule has 0 spiro atoms. The molecule has 3 aromatic heterocycles. The van der Waals surface area contributed by atoms with Gasteiger partial charge in [0.2, 0.25) is 11.7 Å². The summed E-state index contributed by atoms with van der Waals surface area (Å²) in [5.41, 5.74) is 0.938. The summed E-state index contributed by atoms with van der Waals surface area (Å²) >= 11 is 5.01. The minimum absolute atomic E-state index is 0.477. The van der Waals surface area contributed by atoms with Gasteiger partial charge in [-0.1, -0.05) is 11.2 Å². The molecule has 0 saturated heterocycles. The van der Waals surface area contributed by atoms with Gasteiger partial charge in [0.25, 0.3) is 0 Å². The monoisotopic (exact) mass is 324 g/mol. The number of nitrogens with zero attached hydrogens (tertiary/aromatic N) is 4. The first kappa shape index (κ1) is 11.6. The molecular weight excluding hydrogens is 316 g/mol. The van der Waals surface area contributed by atoms with E-state index in [1.54, 1.807) is 16.0 Å². The average Bonchev–Trinajstić information content (AvgIpc) is 3.02. The zero-order chi connectivity index (χ0) is 12.5. The average molecular weight is 325 g/mol. The molecule has 3 heterocycles. The molecular formula is C11H9BrN4OS. The second-order valence-corrected chi connectivity index (χ2v) is 5.55. The van der Waals surface area contributed by atoms with E-state index in [1.807, 2.05) is 30.6 Å². The van der Waals surface area contributed by atoms with Gasteiger partial charge in [-0.2, -0.15) is 10.1 Å². The van der Waals surface area contributed by atoms with Crippen LogP contribution in [0.25, 0.3) is 10.7 Å². The number of hydrogen-bond donors (Lipinski definition) is 0. The molecule has 0 aromatic carbocycles. The van der Waals surface area contributed by atoms with E-state index in [0.717, 1.165) is 15.0 Å². The van der Waals surface area contributed by atoms with E-state index in [0.29, 0.717) is 18.3 Å². The van der Waals surface area contributed by atoms with Crippen molar-refractivity contribution in [3.8, 4) is 10.7 Å². The van der Waals surface area contributed by atoms with Gasteiger partial charge in [-0.25, -0.2) is 0 Å². The van der Waals surface area contributed by atoms with E-state index in [2.05, 4.69) is 31.2 Å². The Morgan fingerprint density at radius 1 is 1.50 bits per heavy atom. The van der Waals surface area contributed by atoms with Crippen molar-refractivity contribution in [3.63, 3.8) is 0 Å². The molecule has 18 heavy (non-hydrogen) atoms. The topological polar surface area (TPSA) is 56.7 Å². The van der Waals surface area contributed by atoms with Gasteiger partial charge < -0.3 is 4.52 Å². The Balaban J connectivity index is 1.82. The lowest BCUT2D eigenvalue weighted by molar-refractivity contribution is 0.366. The van der Waals surface area contributed by atoms with Crippen LogP contribution in [0.2, 0.25) is 0 Å². The summed E-state index contributed by atoms with van der Waals surface area (Å²) < 4.78 is 7.95. The molecule has 7 heteroatoms. The lowest BCUT2D eigenvalue weighted by Gasteiger charge is -1.93. The van der Waals surface area contributed by atoms with E-state index < -0.39 is 0 Å². The lowest BCUT2D eigenvalue weighted by Crippen LogP contribution is -2.00. The number of hydrogen-bond acceptors (Lipinski definition) is 5. The number of aryl methyl sites for hydroxylation is 1. The van der Waals surface area contributed by atoms with Crippen molar-refractivity contribution in [2.75, 3.05) is 0 Å². The summed E-state index contributed by atoms with van der Waals surface area (Å²) in [5, 5.41) is 10.3. The second-order valence-electron chi connectivity index (χ2n) is 3.75. The first-order valence-corrected chi connectivity index (χ1v) is 6.95. The highest BCUT2D eigenvalue weighted by Gasteiger charge is 2.11. The fraction of sp³-hybridized carbons (Fsp3) is 0.182. The summed E-state index contributed by atoms with van der Waals surface area (Å²) in [7, 11) is 0. The predicted molar refractivity (Wildman–Crippen MR) is 71.4 cm³/mol. The maximum atomic E-state index is 5.21. The van der Waals surface area contributed by atoms with E-state index in [-0.39, 0.29) is 0 Å². The molecule has 0 unspecified atom stereocenters. The summed E-state index contributed by atoms with van der Waals surface area (Å²) in [6, 6.07) is 3.93. The van der Waals surface area contributed by atoms with Gasteiger partial charge in [-0.3, -0.25) is 4.68 Å². The molecule has 92 valence electrons. The molecule has 3 aromatic rings. The minimum Gasteiger partial charge on any atom is -0.337 e. The van der Waals surface area contributed by atoms with Crippen LogP contribution in [0, 0.1) is 6.92 Å². The van der Waals surface area contributed by atoms with Crippen LogP contribution in [0.15, 0.2) is 32.7 Å². The highest BCUT2D eigenvalue weighted by Crippen LogP contribution is 2.21. The molecule has 0 atom stereocenters. The van der Waals surface area contributed by atoms with Crippen molar-refractivity contribution in [2.45, 2.75) is 13.5 Å². The number of thiophene rings is 1. The molecule has 0 radical (unpaired) electrons. The molecule has 0 amide bonds. The Labute approximate surface area is 116 Å². The van der Waals surface area contributed by atoms with Gasteiger partial charge in [-0.05, 0) is 34.3 Å². The van der Waals surface area contributed by atoms with Gasteiger partial charge >= 0.3 is 0 Å². The molecule has 5 nitrogen and oxygen atoms in total. The number of halogens is 1. The maximum absolute atomic E-state index is 5.21. The summed E-state index contributed by atoms with van der Waals surface area (Å²) in [6.07, 6.45) is 1.89. The van der Waals surface area contributed by atoms with Crippen LogP contribution in [0.3, 0.4) is 0 Å². The van der Waals surface area contributed by atoms with Gasteiger partial charge in [-0.15, -0.1) is 11.3 Å². The molecule has 0 fully saturated rings. The van der Waals surface area contributed by atoms with Crippen LogP contribution < -0.4 is 0 Å². The Kier molecular flexibility index (Phi) is 3.00. The largest absolute Gasteiger partial charge is 0.337 e. The first-order chi connectivity index (χ1) is 8.72. The van der Waals surface area contributed by atoms with Crippen molar-refractivity contribution in [1.82, 2.24) is 19.9 Å². The SMILES string of the molecule is Cc1nn(Cc2nc(-c3cccs3)no2)cc1Br. The number of aromatic nitrogens is 4. The minimum atomic E-state index is 0.477. The Morgan fingerprint density at radius 2 is 2.39 bits per heavy atom. The van der Waals surface area contributed by atoms with E-state index >= 15 is 0 Å². The third-order valence-corrected chi connectivity index (χ3v) is 4.04. The van der Waals surface area contributed by atoms with E-state index in [1.165, 1.54) is 0 Å².